The van der Waals surface area contributed by atoms with E-state index >= 15 is 0 Å². The second kappa shape index (κ2) is 5.19. The normalized spacial score (nSPS) is 15.9. The third-order valence-electron chi connectivity index (χ3n) is 2.97. The van der Waals surface area contributed by atoms with E-state index < -0.39 is 6.10 Å². The van der Waals surface area contributed by atoms with Crippen molar-refractivity contribution in [2.75, 3.05) is 7.11 Å². The molecule has 1 N–H and O–H groups in total. The fourth-order valence-corrected chi connectivity index (χ4v) is 2.26. The Balaban J connectivity index is 2.77. The van der Waals surface area contributed by atoms with E-state index in [9.17, 15) is 5.11 Å². The third kappa shape index (κ3) is 3.54. The zero-order valence-electron chi connectivity index (χ0n) is 11.7. The lowest BCUT2D eigenvalue weighted by Crippen LogP contribution is -2.40. The first kappa shape index (κ1) is 14.2. The van der Waals surface area contributed by atoms with E-state index in [-0.39, 0.29) is 11.5 Å². The summed E-state index contributed by atoms with van der Waals surface area (Å²) in [4.78, 5) is 0. The van der Waals surface area contributed by atoms with Crippen LogP contribution in [0.2, 0.25) is 0 Å². The number of hydrogen-bond acceptors (Lipinski definition) is 3. The minimum absolute atomic E-state index is 0.0815. The summed E-state index contributed by atoms with van der Waals surface area (Å²) < 4.78 is 7.23. The number of methoxy groups -OCH3 is 1. The Morgan fingerprint density at radius 2 is 2.06 bits per heavy atom. The van der Waals surface area contributed by atoms with Gasteiger partial charge < -0.3 is 9.84 Å². The van der Waals surface area contributed by atoms with Gasteiger partial charge in [-0.05, 0) is 18.4 Å². The van der Waals surface area contributed by atoms with E-state index in [1.54, 1.807) is 7.11 Å². The average Bonchev–Trinajstić information content (AvgIpc) is 2.43. The largest absolute Gasteiger partial charge is 0.390 e. The Morgan fingerprint density at radius 1 is 1.47 bits per heavy atom. The molecule has 4 nitrogen and oxygen atoms in total. The van der Waals surface area contributed by atoms with Crippen LogP contribution in [0.5, 0.6) is 0 Å². The summed E-state index contributed by atoms with van der Waals surface area (Å²) in [5.41, 5.74) is 1.92. The molecule has 0 amide bonds. The van der Waals surface area contributed by atoms with Crippen LogP contribution in [0.4, 0.5) is 0 Å². The van der Waals surface area contributed by atoms with Crippen molar-refractivity contribution in [2.45, 2.75) is 46.3 Å². The summed E-state index contributed by atoms with van der Waals surface area (Å²) in [5, 5.41) is 14.5. The summed E-state index contributed by atoms with van der Waals surface area (Å²) in [6, 6.07) is 2.00. The minimum atomic E-state index is -0.519. The third-order valence-corrected chi connectivity index (χ3v) is 2.97. The van der Waals surface area contributed by atoms with Crippen LogP contribution in [0.15, 0.2) is 6.07 Å². The van der Waals surface area contributed by atoms with Crippen molar-refractivity contribution in [2.24, 2.45) is 12.5 Å². The van der Waals surface area contributed by atoms with Gasteiger partial charge >= 0.3 is 0 Å². The van der Waals surface area contributed by atoms with Crippen molar-refractivity contribution in [1.82, 2.24) is 9.78 Å². The van der Waals surface area contributed by atoms with Crippen LogP contribution in [0, 0.1) is 12.3 Å². The molecular formula is C13H24N2O2. The molecule has 98 valence electrons. The van der Waals surface area contributed by atoms with Crippen molar-refractivity contribution in [3.8, 4) is 0 Å². The molecule has 0 saturated carbocycles. The van der Waals surface area contributed by atoms with Crippen LogP contribution < -0.4 is 0 Å². The Morgan fingerprint density at radius 3 is 2.41 bits per heavy atom. The van der Waals surface area contributed by atoms with E-state index in [0.29, 0.717) is 6.42 Å². The number of nitrogens with zero attached hydrogens (tertiary/aromatic N) is 2. The number of aryl methyl sites for hydroxylation is 2. The number of aromatic nitrogens is 2. The first-order valence-electron chi connectivity index (χ1n) is 5.96. The number of ether oxygens (including phenoxy) is 1. The number of aliphatic hydroxyl groups is 1. The highest BCUT2D eigenvalue weighted by Crippen LogP contribution is 2.26. The van der Waals surface area contributed by atoms with Crippen molar-refractivity contribution < 1.29 is 9.84 Å². The van der Waals surface area contributed by atoms with Crippen molar-refractivity contribution >= 4 is 0 Å². The molecule has 1 rings (SSSR count). The fraction of sp³-hybridized carbons (Fsp3) is 0.769. The molecule has 0 aliphatic heterocycles. The molecule has 0 aromatic carbocycles. The minimum Gasteiger partial charge on any atom is -0.390 e. The molecule has 0 spiro atoms. The lowest BCUT2D eigenvalue weighted by Gasteiger charge is -2.33. The second-order valence-electron chi connectivity index (χ2n) is 5.69. The van der Waals surface area contributed by atoms with E-state index in [1.165, 1.54) is 0 Å². The topological polar surface area (TPSA) is 47.3 Å². The molecule has 0 fully saturated rings. The molecule has 1 aromatic heterocycles. The highest BCUT2D eigenvalue weighted by molar-refractivity contribution is 5.10. The molecular weight excluding hydrogens is 216 g/mol. The van der Waals surface area contributed by atoms with Gasteiger partial charge in [0.15, 0.2) is 0 Å². The average molecular weight is 240 g/mol. The highest BCUT2D eigenvalue weighted by Gasteiger charge is 2.31. The predicted molar refractivity (Wildman–Crippen MR) is 67.9 cm³/mol. The standard InChI is InChI=1S/C13H24N2O2/c1-9-7-10(15(5)14-9)8-11(16)12(17-6)13(2,3)4/h7,11-12,16H,8H2,1-6H3. The number of hydrogen-bond donors (Lipinski definition) is 1. The summed E-state index contributed by atoms with van der Waals surface area (Å²) >= 11 is 0. The maximum atomic E-state index is 10.3. The molecule has 17 heavy (non-hydrogen) atoms. The molecule has 0 aliphatic rings. The van der Waals surface area contributed by atoms with Gasteiger partial charge in [-0.15, -0.1) is 0 Å². The number of aliphatic hydroxyl groups excluding tert-OH is 1. The van der Waals surface area contributed by atoms with Crippen LogP contribution in [0.1, 0.15) is 32.2 Å². The molecule has 2 atom stereocenters. The van der Waals surface area contributed by atoms with Gasteiger partial charge in [-0.3, -0.25) is 4.68 Å². The summed E-state index contributed by atoms with van der Waals surface area (Å²) in [6.45, 7) is 8.16. The molecule has 0 bridgehead atoms. The van der Waals surface area contributed by atoms with Crippen LogP contribution in [0.25, 0.3) is 0 Å². The van der Waals surface area contributed by atoms with E-state index in [1.807, 2.05) is 24.7 Å². The van der Waals surface area contributed by atoms with Gasteiger partial charge in [0.25, 0.3) is 0 Å². The fourth-order valence-electron chi connectivity index (χ4n) is 2.26. The number of rotatable bonds is 4. The van der Waals surface area contributed by atoms with Gasteiger partial charge in [-0.2, -0.15) is 5.10 Å². The van der Waals surface area contributed by atoms with Gasteiger partial charge in [0.2, 0.25) is 0 Å². The van der Waals surface area contributed by atoms with E-state index in [4.69, 9.17) is 4.74 Å². The zero-order valence-corrected chi connectivity index (χ0v) is 11.7. The van der Waals surface area contributed by atoms with Crippen LogP contribution >= 0.6 is 0 Å². The predicted octanol–water partition coefficient (Wildman–Crippen LogP) is 1.69. The van der Waals surface area contributed by atoms with Crippen molar-refractivity contribution in [3.05, 3.63) is 17.5 Å². The summed E-state index contributed by atoms with van der Waals surface area (Å²) in [5.74, 6) is 0. The highest BCUT2D eigenvalue weighted by atomic mass is 16.5. The lowest BCUT2D eigenvalue weighted by atomic mass is 9.84. The van der Waals surface area contributed by atoms with Gasteiger partial charge in [0.05, 0.1) is 17.9 Å². The van der Waals surface area contributed by atoms with Gasteiger partial charge in [0, 0.05) is 26.3 Å². The maximum absolute atomic E-state index is 10.3. The van der Waals surface area contributed by atoms with Crippen molar-refractivity contribution in [3.63, 3.8) is 0 Å². The van der Waals surface area contributed by atoms with E-state index in [0.717, 1.165) is 11.4 Å². The first-order valence-corrected chi connectivity index (χ1v) is 5.96. The molecule has 1 aromatic rings. The van der Waals surface area contributed by atoms with Gasteiger partial charge in [-0.1, -0.05) is 20.8 Å². The lowest BCUT2D eigenvalue weighted by molar-refractivity contribution is -0.0704. The molecule has 0 aliphatic carbocycles. The zero-order chi connectivity index (χ0) is 13.2. The molecule has 1 heterocycles. The smallest absolute Gasteiger partial charge is 0.0882 e. The molecule has 0 saturated heterocycles. The molecule has 0 radical (unpaired) electrons. The monoisotopic (exact) mass is 240 g/mol. The Bertz CT molecular complexity index is 366. The maximum Gasteiger partial charge on any atom is 0.0882 e. The van der Waals surface area contributed by atoms with Crippen LogP contribution in [-0.2, 0) is 18.2 Å². The quantitative estimate of drug-likeness (QED) is 0.871. The van der Waals surface area contributed by atoms with Gasteiger partial charge in [0.1, 0.15) is 0 Å². The Labute approximate surface area is 104 Å². The van der Waals surface area contributed by atoms with Crippen LogP contribution in [-0.4, -0.2) is 34.2 Å². The molecule has 2 unspecified atom stereocenters. The summed E-state index contributed by atoms with van der Waals surface area (Å²) in [6.07, 6.45) is -0.139. The van der Waals surface area contributed by atoms with Crippen LogP contribution in [0.3, 0.4) is 0 Å². The SMILES string of the molecule is COC(C(O)Cc1cc(C)nn1C)C(C)(C)C. The Kier molecular flexibility index (Phi) is 4.33. The van der Waals surface area contributed by atoms with E-state index in [2.05, 4.69) is 25.9 Å². The second-order valence-corrected chi connectivity index (χ2v) is 5.69. The molecule has 4 heteroatoms. The summed E-state index contributed by atoms with van der Waals surface area (Å²) in [7, 11) is 3.54. The first-order chi connectivity index (χ1) is 7.75. The van der Waals surface area contributed by atoms with Gasteiger partial charge in [-0.25, -0.2) is 0 Å². The Hall–Kier alpha value is -0.870. The van der Waals surface area contributed by atoms with Crippen molar-refractivity contribution in [1.29, 1.82) is 0 Å².